The molecule has 0 aliphatic carbocycles. The van der Waals surface area contributed by atoms with Gasteiger partial charge in [-0.05, 0) is 23.6 Å². The Morgan fingerprint density at radius 2 is 1.81 bits per heavy atom. The Labute approximate surface area is 130 Å². The van der Waals surface area contributed by atoms with Gasteiger partial charge in [-0.2, -0.15) is 0 Å². The largest absolute Gasteiger partial charge is 0.323 e. The molecule has 0 saturated carbocycles. The molecule has 0 aliphatic rings. The maximum absolute atomic E-state index is 14.2. The first-order chi connectivity index (χ1) is 10.0. The van der Waals surface area contributed by atoms with E-state index in [0.717, 1.165) is 12.0 Å². The molecular weight excluding hydrogens is 285 g/mol. The summed E-state index contributed by atoms with van der Waals surface area (Å²) < 4.78 is 14.2. The van der Waals surface area contributed by atoms with Gasteiger partial charge in [-0.15, -0.1) is 0 Å². The molecule has 0 amide bonds. The molecule has 21 heavy (non-hydrogen) atoms. The normalized spacial score (nSPS) is 15.5. The third-order valence-corrected chi connectivity index (χ3v) is 4.39. The Balaban J connectivity index is 2.41. The molecule has 3 heteroatoms. The SMILES string of the molecule is CCC(C)C(c1ccccc1)C(N)c1ccc(Cl)cc1F. The number of hydrogen-bond donors (Lipinski definition) is 1. The number of rotatable bonds is 5. The predicted molar refractivity (Wildman–Crippen MR) is 87.0 cm³/mol. The first-order valence-electron chi connectivity index (χ1n) is 7.30. The molecule has 0 bridgehead atoms. The Morgan fingerprint density at radius 1 is 1.14 bits per heavy atom. The second kappa shape index (κ2) is 7.06. The lowest BCUT2D eigenvalue weighted by atomic mass is 9.78. The molecule has 0 aromatic heterocycles. The zero-order valence-electron chi connectivity index (χ0n) is 12.4. The van der Waals surface area contributed by atoms with Crippen molar-refractivity contribution >= 4 is 11.6 Å². The second-order valence-electron chi connectivity index (χ2n) is 5.51. The Bertz CT molecular complexity index is 585. The van der Waals surface area contributed by atoms with Crippen molar-refractivity contribution in [2.45, 2.75) is 32.2 Å². The van der Waals surface area contributed by atoms with Crippen molar-refractivity contribution in [3.8, 4) is 0 Å². The van der Waals surface area contributed by atoms with E-state index in [1.807, 2.05) is 18.2 Å². The summed E-state index contributed by atoms with van der Waals surface area (Å²) in [7, 11) is 0. The molecule has 0 radical (unpaired) electrons. The van der Waals surface area contributed by atoms with Crippen molar-refractivity contribution in [1.82, 2.24) is 0 Å². The van der Waals surface area contributed by atoms with Crippen LogP contribution in [0.15, 0.2) is 48.5 Å². The zero-order valence-corrected chi connectivity index (χ0v) is 13.1. The van der Waals surface area contributed by atoms with Crippen molar-refractivity contribution < 1.29 is 4.39 Å². The molecular formula is C18H21ClFN. The highest BCUT2D eigenvalue weighted by Crippen LogP contribution is 2.38. The van der Waals surface area contributed by atoms with Crippen molar-refractivity contribution in [2.75, 3.05) is 0 Å². The summed E-state index contributed by atoms with van der Waals surface area (Å²) in [6.45, 7) is 4.29. The van der Waals surface area contributed by atoms with Gasteiger partial charge in [0.25, 0.3) is 0 Å². The molecule has 0 aliphatic heterocycles. The van der Waals surface area contributed by atoms with E-state index in [1.165, 1.54) is 6.07 Å². The molecule has 1 nitrogen and oxygen atoms in total. The van der Waals surface area contributed by atoms with Crippen LogP contribution in [0.3, 0.4) is 0 Å². The van der Waals surface area contributed by atoms with Gasteiger partial charge < -0.3 is 5.73 Å². The quantitative estimate of drug-likeness (QED) is 0.796. The Morgan fingerprint density at radius 3 is 2.38 bits per heavy atom. The molecule has 3 unspecified atom stereocenters. The summed E-state index contributed by atoms with van der Waals surface area (Å²) in [5.74, 6) is 0.101. The van der Waals surface area contributed by atoms with Crippen LogP contribution in [0.4, 0.5) is 4.39 Å². The van der Waals surface area contributed by atoms with Crippen LogP contribution in [0.5, 0.6) is 0 Å². The van der Waals surface area contributed by atoms with E-state index in [0.29, 0.717) is 16.5 Å². The van der Waals surface area contributed by atoms with E-state index in [-0.39, 0.29) is 17.8 Å². The number of nitrogens with two attached hydrogens (primary N) is 1. The van der Waals surface area contributed by atoms with Gasteiger partial charge in [0.1, 0.15) is 5.82 Å². The fourth-order valence-electron chi connectivity index (χ4n) is 2.78. The molecule has 0 saturated heterocycles. The highest BCUT2D eigenvalue weighted by atomic mass is 35.5. The van der Waals surface area contributed by atoms with Crippen LogP contribution in [0, 0.1) is 11.7 Å². The molecule has 2 N–H and O–H groups in total. The number of benzene rings is 2. The maximum Gasteiger partial charge on any atom is 0.129 e. The fraction of sp³-hybridized carbons (Fsp3) is 0.333. The minimum atomic E-state index is -0.389. The van der Waals surface area contributed by atoms with Crippen molar-refractivity contribution in [3.63, 3.8) is 0 Å². The molecule has 2 aromatic carbocycles. The molecule has 0 heterocycles. The first-order valence-corrected chi connectivity index (χ1v) is 7.67. The second-order valence-corrected chi connectivity index (χ2v) is 5.95. The van der Waals surface area contributed by atoms with Gasteiger partial charge in [-0.3, -0.25) is 0 Å². The third kappa shape index (κ3) is 3.63. The Kier molecular flexibility index (Phi) is 5.38. The van der Waals surface area contributed by atoms with Crippen molar-refractivity contribution in [2.24, 2.45) is 11.7 Å². The lowest BCUT2D eigenvalue weighted by molar-refractivity contribution is 0.380. The molecule has 3 atom stereocenters. The van der Waals surface area contributed by atoms with Crippen LogP contribution in [0.2, 0.25) is 5.02 Å². The molecule has 0 spiro atoms. The minimum absolute atomic E-state index is 0.0758. The average molecular weight is 306 g/mol. The summed E-state index contributed by atoms with van der Waals surface area (Å²) in [6.07, 6.45) is 0.989. The first kappa shape index (κ1) is 16.0. The predicted octanol–water partition coefficient (Wildman–Crippen LogP) is 5.31. The van der Waals surface area contributed by atoms with E-state index >= 15 is 0 Å². The Hall–Kier alpha value is -1.38. The fourth-order valence-corrected chi connectivity index (χ4v) is 2.94. The highest BCUT2D eigenvalue weighted by Gasteiger charge is 2.27. The smallest absolute Gasteiger partial charge is 0.129 e. The molecule has 2 aromatic rings. The summed E-state index contributed by atoms with van der Waals surface area (Å²) in [6, 6.07) is 14.4. The average Bonchev–Trinajstić information content (AvgIpc) is 2.48. The van der Waals surface area contributed by atoms with Gasteiger partial charge in [0.05, 0.1) is 0 Å². The van der Waals surface area contributed by atoms with Crippen LogP contribution in [0.25, 0.3) is 0 Å². The van der Waals surface area contributed by atoms with Crippen molar-refractivity contribution in [1.29, 1.82) is 0 Å². The van der Waals surface area contributed by atoms with E-state index in [4.69, 9.17) is 17.3 Å². The topological polar surface area (TPSA) is 26.0 Å². The minimum Gasteiger partial charge on any atom is -0.323 e. The highest BCUT2D eigenvalue weighted by molar-refractivity contribution is 6.30. The molecule has 0 fully saturated rings. The monoisotopic (exact) mass is 305 g/mol. The van der Waals surface area contributed by atoms with Gasteiger partial charge in [-0.1, -0.05) is 68.3 Å². The maximum atomic E-state index is 14.2. The van der Waals surface area contributed by atoms with Crippen LogP contribution in [-0.4, -0.2) is 0 Å². The van der Waals surface area contributed by atoms with Crippen LogP contribution in [-0.2, 0) is 0 Å². The van der Waals surface area contributed by atoms with E-state index in [9.17, 15) is 4.39 Å². The van der Waals surface area contributed by atoms with Crippen LogP contribution in [0.1, 0.15) is 43.4 Å². The third-order valence-electron chi connectivity index (χ3n) is 4.15. The molecule has 112 valence electrons. The lowest BCUT2D eigenvalue weighted by Crippen LogP contribution is -2.25. The van der Waals surface area contributed by atoms with E-state index in [1.54, 1.807) is 12.1 Å². The van der Waals surface area contributed by atoms with Gasteiger partial charge in [0.2, 0.25) is 0 Å². The van der Waals surface area contributed by atoms with Gasteiger partial charge in [0.15, 0.2) is 0 Å². The van der Waals surface area contributed by atoms with Crippen LogP contribution >= 0.6 is 11.6 Å². The van der Waals surface area contributed by atoms with Gasteiger partial charge in [-0.25, -0.2) is 4.39 Å². The van der Waals surface area contributed by atoms with Gasteiger partial charge >= 0.3 is 0 Å². The van der Waals surface area contributed by atoms with Crippen molar-refractivity contribution in [3.05, 3.63) is 70.5 Å². The molecule has 2 rings (SSSR count). The van der Waals surface area contributed by atoms with Crippen LogP contribution < -0.4 is 5.73 Å². The van der Waals surface area contributed by atoms with E-state index in [2.05, 4.69) is 26.0 Å². The zero-order chi connectivity index (χ0) is 15.4. The van der Waals surface area contributed by atoms with E-state index < -0.39 is 0 Å². The number of hydrogen-bond acceptors (Lipinski definition) is 1. The lowest BCUT2D eigenvalue weighted by Gasteiger charge is -2.30. The summed E-state index contributed by atoms with van der Waals surface area (Å²) in [4.78, 5) is 0. The number of halogens is 2. The summed E-state index contributed by atoms with van der Waals surface area (Å²) in [5, 5.41) is 0.392. The standard InChI is InChI=1S/C18H21ClFN/c1-3-12(2)17(13-7-5-4-6-8-13)18(21)15-10-9-14(19)11-16(15)20/h4-12,17-18H,3,21H2,1-2H3. The summed E-state index contributed by atoms with van der Waals surface area (Å²) >= 11 is 5.83. The van der Waals surface area contributed by atoms with Gasteiger partial charge in [0, 0.05) is 22.5 Å². The summed E-state index contributed by atoms with van der Waals surface area (Å²) in [5.41, 5.74) is 8.08.